The standard InChI is InChI=1S/C11H15N3O/c12-10-5-8-14(11(10)15)7-4-9-3-1-2-6-13-9/h1-3,6,10H,4-5,7-8,12H2. The molecule has 1 atom stereocenters. The Morgan fingerprint density at radius 1 is 1.53 bits per heavy atom. The van der Waals surface area contributed by atoms with Gasteiger partial charge in [-0.15, -0.1) is 0 Å². The second-order valence-electron chi connectivity index (χ2n) is 3.79. The average molecular weight is 205 g/mol. The molecule has 4 heteroatoms. The van der Waals surface area contributed by atoms with Crippen LogP contribution in [0.3, 0.4) is 0 Å². The molecule has 1 saturated heterocycles. The number of nitrogens with zero attached hydrogens (tertiary/aromatic N) is 2. The lowest BCUT2D eigenvalue weighted by atomic mass is 10.2. The minimum absolute atomic E-state index is 0.0749. The number of likely N-dealkylation sites (tertiary alicyclic amines) is 1. The number of rotatable bonds is 3. The van der Waals surface area contributed by atoms with Gasteiger partial charge in [-0.25, -0.2) is 0 Å². The first kappa shape index (κ1) is 10.1. The van der Waals surface area contributed by atoms with E-state index in [1.54, 1.807) is 6.20 Å². The topological polar surface area (TPSA) is 59.2 Å². The molecule has 0 aromatic carbocycles. The van der Waals surface area contributed by atoms with Crippen molar-refractivity contribution in [2.24, 2.45) is 5.73 Å². The Labute approximate surface area is 89.1 Å². The van der Waals surface area contributed by atoms with Crippen molar-refractivity contribution in [1.82, 2.24) is 9.88 Å². The van der Waals surface area contributed by atoms with Crippen molar-refractivity contribution in [2.45, 2.75) is 18.9 Å². The third-order valence-corrected chi connectivity index (χ3v) is 2.70. The van der Waals surface area contributed by atoms with Crippen LogP contribution in [-0.2, 0) is 11.2 Å². The van der Waals surface area contributed by atoms with Crippen molar-refractivity contribution in [3.05, 3.63) is 30.1 Å². The van der Waals surface area contributed by atoms with Crippen molar-refractivity contribution in [2.75, 3.05) is 13.1 Å². The van der Waals surface area contributed by atoms with Gasteiger partial charge in [0.25, 0.3) is 0 Å². The molecule has 1 fully saturated rings. The molecule has 15 heavy (non-hydrogen) atoms. The molecule has 0 bridgehead atoms. The molecule has 2 rings (SSSR count). The van der Waals surface area contributed by atoms with E-state index in [0.29, 0.717) is 0 Å². The Hall–Kier alpha value is -1.42. The maximum absolute atomic E-state index is 11.5. The second-order valence-corrected chi connectivity index (χ2v) is 3.79. The number of carbonyl (C=O) groups is 1. The summed E-state index contributed by atoms with van der Waals surface area (Å²) in [5.74, 6) is 0.0749. The van der Waals surface area contributed by atoms with E-state index in [1.807, 2.05) is 23.1 Å². The monoisotopic (exact) mass is 205 g/mol. The average Bonchev–Trinajstić information content (AvgIpc) is 2.59. The quantitative estimate of drug-likeness (QED) is 0.766. The highest BCUT2D eigenvalue weighted by atomic mass is 16.2. The SMILES string of the molecule is NC1CCN(CCc2ccccn2)C1=O. The Bertz CT molecular complexity index is 339. The first-order valence-electron chi connectivity index (χ1n) is 5.21. The molecule has 1 aliphatic rings. The van der Waals surface area contributed by atoms with Crippen LogP contribution in [-0.4, -0.2) is 34.9 Å². The van der Waals surface area contributed by atoms with Gasteiger partial charge < -0.3 is 10.6 Å². The summed E-state index contributed by atoms with van der Waals surface area (Å²) >= 11 is 0. The lowest BCUT2D eigenvalue weighted by Crippen LogP contribution is -2.35. The summed E-state index contributed by atoms with van der Waals surface area (Å²) in [7, 11) is 0. The molecule has 4 nitrogen and oxygen atoms in total. The first-order chi connectivity index (χ1) is 7.27. The molecular weight excluding hydrogens is 190 g/mol. The number of hydrogen-bond acceptors (Lipinski definition) is 3. The van der Waals surface area contributed by atoms with Crippen LogP contribution in [0, 0.1) is 0 Å². The van der Waals surface area contributed by atoms with Crippen LogP contribution in [0.15, 0.2) is 24.4 Å². The van der Waals surface area contributed by atoms with Gasteiger partial charge in [0.05, 0.1) is 6.04 Å². The lowest BCUT2D eigenvalue weighted by Gasteiger charge is -2.15. The first-order valence-corrected chi connectivity index (χ1v) is 5.21. The van der Waals surface area contributed by atoms with Gasteiger partial charge in [-0.1, -0.05) is 6.07 Å². The van der Waals surface area contributed by atoms with Crippen LogP contribution in [0.1, 0.15) is 12.1 Å². The van der Waals surface area contributed by atoms with Crippen LogP contribution in [0.2, 0.25) is 0 Å². The molecule has 1 unspecified atom stereocenters. The highest BCUT2D eigenvalue weighted by Gasteiger charge is 2.27. The zero-order valence-electron chi connectivity index (χ0n) is 8.60. The molecule has 1 aliphatic heterocycles. The summed E-state index contributed by atoms with van der Waals surface area (Å²) in [6, 6.07) is 5.54. The van der Waals surface area contributed by atoms with Crippen molar-refractivity contribution in [3.63, 3.8) is 0 Å². The van der Waals surface area contributed by atoms with Gasteiger partial charge in [0, 0.05) is 31.4 Å². The van der Waals surface area contributed by atoms with E-state index in [2.05, 4.69) is 4.98 Å². The van der Waals surface area contributed by atoms with Gasteiger partial charge in [0.15, 0.2) is 0 Å². The predicted octanol–water partition coefficient (Wildman–Crippen LogP) is 0.184. The Kier molecular flexibility index (Phi) is 2.97. The molecule has 0 radical (unpaired) electrons. The maximum Gasteiger partial charge on any atom is 0.239 e. The van der Waals surface area contributed by atoms with E-state index in [0.717, 1.165) is 31.6 Å². The van der Waals surface area contributed by atoms with Crippen LogP contribution in [0.5, 0.6) is 0 Å². The van der Waals surface area contributed by atoms with Gasteiger partial charge in [0.2, 0.25) is 5.91 Å². The number of hydrogen-bond donors (Lipinski definition) is 1. The third-order valence-electron chi connectivity index (χ3n) is 2.70. The molecule has 2 N–H and O–H groups in total. The number of aromatic nitrogens is 1. The number of pyridine rings is 1. The summed E-state index contributed by atoms with van der Waals surface area (Å²) in [6.45, 7) is 1.51. The van der Waals surface area contributed by atoms with E-state index in [1.165, 1.54) is 0 Å². The van der Waals surface area contributed by atoms with E-state index in [-0.39, 0.29) is 11.9 Å². The normalized spacial score (nSPS) is 21.0. The molecule has 1 amide bonds. The van der Waals surface area contributed by atoms with Crippen LogP contribution < -0.4 is 5.73 Å². The fraction of sp³-hybridized carbons (Fsp3) is 0.455. The minimum Gasteiger partial charge on any atom is -0.341 e. The maximum atomic E-state index is 11.5. The van der Waals surface area contributed by atoms with Crippen LogP contribution in [0.4, 0.5) is 0 Å². The van der Waals surface area contributed by atoms with Gasteiger partial charge in [-0.2, -0.15) is 0 Å². The van der Waals surface area contributed by atoms with Crippen molar-refractivity contribution in [1.29, 1.82) is 0 Å². The molecule has 1 aromatic heterocycles. The van der Waals surface area contributed by atoms with Crippen molar-refractivity contribution < 1.29 is 4.79 Å². The summed E-state index contributed by atoms with van der Waals surface area (Å²) in [4.78, 5) is 17.5. The molecule has 80 valence electrons. The highest BCUT2D eigenvalue weighted by molar-refractivity contribution is 5.83. The van der Waals surface area contributed by atoms with E-state index in [9.17, 15) is 4.79 Å². The number of amides is 1. The summed E-state index contributed by atoms with van der Waals surface area (Å²) < 4.78 is 0. The fourth-order valence-corrected chi connectivity index (χ4v) is 1.78. The molecule has 0 saturated carbocycles. The van der Waals surface area contributed by atoms with Crippen LogP contribution in [0.25, 0.3) is 0 Å². The molecule has 0 spiro atoms. The van der Waals surface area contributed by atoms with Crippen LogP contribution >= 0.6 is 0 Å². The predicted molar refractivity (Wildman–Crippen MR) is 57.1 cm³/mol. The van der Waals surface area contributed by atoms with Gasteiger partial charge >= 0.3 is 0 Å². The van der Waals surface area contributed by atoms with E-state index >= 15 is 0 Å². The largest absolute Gasteiger partial charge is 0.341 e. The lowest BCUT2D eigenvalue weighted by molar-refractivity contribution is -0.128. The Balaban J connectivity index is 1.87. The summed E-state index contributed by atoms with van der Waals surface area (Å²) in [5.41, 5.74) is 6.65. The van der Waals surface area contributed by atoms with Gasteiger partial charge in [-0.05, 0) is 18.6 Å². The zero-order valence-corrected chi connectivity index (χ0v) is 8.60. The van der Waals surface area contributed by atoms with E-state index < -0.39 is 0 Å². The smallest absolute Gasteiger partial charge is 0.239 e. The number of nitrogens with two attached hydrogens (primary N) is 1. The van der Waals surface area contributed by atoms with Crippen molar-refractivity contribution >= 4 is 5.91 Å². The van der Waals surface area contributed by atoms with Crippen molar-refractivity contribution in [3.8, 4) is 0 Å². The summed E-state index contributed by atoms with van der Waals surface area (Å²) in [6.07, 6.45) is 3.35. The molecule has 1 aromatic rings. The summed E-state index contributed by atoms with van der Waals surface area (Å²) in [5, 5.41) is 0. The Morgan fingerprint density at radius 2 is 2.40 bits per heavy atom. The minimum atomic E-state index is -0.284. The molecule has 0 aliphatic carbocycles. The Morgan fingerprint density at radius 3 is 3.00 bits per heavy atom. The van der Waals surface area contributed by atoms with E-state index in [4.69, 9.17) is 5.73 Å². The molecule has 2 heterocycles. The molecular formula is C11H15N3O. The van der Waals surface area contributed by atoms with Gasteiger partial charge in [-0.3, -0.25) is 9.78 Å². The highest BCUT2D eigenvalue weighted by Crippen LogP contribution is 2.09. The van der Waals surface area contributed by atoms with Gasteiger partial charge in [0.1, 0.15) is 0 Å². The zero-order chi connectivity index (χ0) is 10.7. The second kappa shape index (κ2) is 4.40. The fourth-order valence-electron chi connectivity index (χ4n) is 1.78. The third kappa shape index (κ3) is 2.33. The number of carbonyl (C=O) groups excluding carboxylic acids is 1.